The Balaban J connectivity index is 1.55. The van der Waals surface area contributed by atoms with Gasteiger partial charge in [0, 0.05) is 31.4 Å². The van der Waals surface area contributed by atoms with Crippen LogP contribution in [0, 0.1) is 5.82 Å². The molecule has 164 valence electrons. The summed E-state index contributed by atoms with van der Waals surface area (Å²) in [6.45, 7) is 1.66. The van der Waals surface area contributed by atoms with Gasteiger partial charge in [0.2, 0.25) is 0 Å². The van der Waals surface area contributed by atoms with Crippen molar-refractivity contribution in [1.82, 2.24) is 9.88 Å². The molecule has 1 N–H and O–H groups in total. The molecule has 0 aliphatic rings. The molecule has 4 aromatic rings. The van der Waals surface area contributed by atoms with Gasteiger partial charge in [-0.05, 0) is 61.6 Å². The molecular formula is C25H25FN4O2. The summed E-state index contributed by atoms with van der Waals surface area (Å²) in [5.74, 6) is -0.570. The van der Waals surface area contributed by atoms with Crippen LogP contribution in [0.2, 0.25) is 0 Å². The Hall–Kier alpha value is -3.71. The van der Waals surface area contributed by atoms with Crippen molar-refractivity contribution in [2.75, 3.05) is 44.4 Å². The van der Waals surface area contributed by atoms with Crippen LogP contribution in [-0.2, 0) is 0 Å². The van der Waals surface area contributed by atoms with E-state index >= 15 is 0 Å². The fourth-order valence-corrected chi connectivity index (χ4v) is 3.36. The lowest BCUT2D eigenvalue weighted by Gasteiger charge is -2.17. The van der Waals surface area contributed by atoms with Crippen LogP contribution in [0.25, 0.3) is 22.2 Å². The lowest BCUT2D eigenvalue weighted by Crippen LogP contribution is -2.28. The molecular weight excluding hydrogens is 407 g/mol. The number of hydrogen-bond acceptors (Lipinski definition) is 5. The largest absolute Gasteiger partial charge is 0.423 e. The van der Waals surface area contributed by atoms with E-state index in [0.29, 0.717) is 28.4 Å². The van der Waals surface area contributed by atoms with Crippen LogP contribution in [0.1, 0.15) is 10.4 Å². The number of nitrogens with zero attached hydrogens (tertiary/aromatic N) is 3. The molecule has 4 rings (SSSR count). The highest BCUT2D eigenvalue weighted by molar-refractivity contribution is 6.09. The van der Waals surface area contributed by atoms with Crippen LogP contribution in [-0.4, -0.2) is 50.0 Å². The summed E-state index contributed by atoms with van der Waals surface area (Å²) in [5.41, 5.74) is 3.95. The highest BCUT2D eigenvalue weighted by atomic mass is 19.1. The number of aromatic nitrogens is 1. The second kappa shape index (κ2) is 9.20. The zero-order chi connectivity index (χ0) is 22.7. The fourth-order valence-electron chi connectivity index (χ4n) is 3.36. The minimum atomic E-state index is -0.316. The van der Waals surface area contributed by atoms with Crippen molar-refractivity contribution in [2.24, 2.45) is 0 Å². The van der Waals surface area contributed by atoms with E-state index in [1.54, 1.807) is 42.5 Å². The van der Waals surface area contributed by atoms with Crippen LogP contribution in [0.3, 0.4) is 0 Å². The second-order valence-electron chi connectivity index (χ2n) is 7.91. The molecule has 0 atom stereocenters. The van der Waals surface area contributed by atoms with Crippen molar-refractivity contribution in [1.29, 1.82) is 0 Å². The number of nitrogens with one attached hydrogen (secondary N) is 1. The van der Waals surface area contributed by atoms with Gasteiger partial charge < -0.3 is 19.5 Å². The number of halogens is 1. The first-order valence-electron chi connectivity index (χ1n) is 10.3. The average molecular weight is 432 g/mol. The summed E-state index contributed by atoms with van der Waals surface area (Å²) in [6.07, 6.45) is 0. The Morgan fingerprint density at radius 3 is 2.50 bits per heavy atom. The number of amides is 1. The molecule has 0 radical (unpaired) electrons. The number of benzene rings is 3. The molecule has 1 aromatic heterocycles. The number of anilines is 2. The Labute approximate surface area is 186 Å². The SMILES string of the molecule is CN(C)CCN(C)c1nc2cc(NC(=O)c3ccccc3-c3ccc(F)cc3)ccc2o1. The van der Waals surface area contributed by atoms with Crippen molar-refractivity contribution in [2.45, 2.75) is 0 Å². The fraction of sp³-hybridized carbons (Fsp3) is 0.200. The van der Waals surface area contributed by atoms with Gasteiger partial charge in [0.25, 0.3) is 11.9 Å². The molecule has 7 heteroatoms. The summed E-state index contributed by atoms with van der Waals surface area (Å²) >= 11 is 0. The van der Waals surface area contributed by atoms with Gasteiger partial charge in [0.1, 0.15) is 11.3 Å². The van der Waals surface area contributed by atoms with Gasteiger partial charge in [0.05, 0.1) is 0 Å². The summed E-state index contributed by atoms with van der Waals surface area (Å²) in [4.78, 5) is 21.6. The second-order valence-corrected chi connectivity index (χ2v) is 7.91. The molecule has 0 unspecified atom stereocenters. The zero-order valence-electron chi connectivity index (χ0n) is 18.3. The minimum absolute atomic E-state index is 0.254. The number of likely N-dealkylation sites (N-methyl/N-ethyl adjacent to an activating group) is 2. The normalized spacial score (nSPS) is 11.2. The number of oxazole rings is 1. The number of hydrogen-bond donors (Lipinski definition) is 1. The summed E-state index contributed by atoms with van der Waals surface area (Å²) in [6, 6.07) is 19.3. The molecule has 0 aliphatic heterocycles. The highest BCUT2D eigenvalue weighted by Crippen LogP contribution is 2.27. The van der Waals surface area contributed by atoms with Crippen molar-refractivity contribution in [3.8, 4) is 11.1 Å². The lowest BCUT2D eigenvalue weighted by molar-refractivity contribution is 0.102. The summed E-state index contributed by atoms with van der Waals surface area (Å²) < 4.78 is 19.2. The molecule has 32 heavy (non-hydrogen) atoms. The van der Waals surface area contributed by atoms with Crippen LogP contribution >= 0.6 is 0 Å². The van der Waals surface area contributed by atoms with Gasteiger partial charge >= 0.3 is 0 Å². The molecule has 0 fully saturated rings. The van der Waals surface area contributed by atoms with Crippen LogP contribution < -0.4 is 10.2 Å². The number of carbonyl (C=O) groups excluding carboxylic acids is 1. The Morgan fingerprint density at radius 1 is 1.00 bits per heavy atom. The van der Waals surface area contributed by atoms with Crippen LogP contribution in [0.15, 0.2) is 71.1 Å². The molecule has 6 nitrogen and oxygen atoms in total. The minimum Gasteiger partial charge on any atom is -0.423 e. The van der Waals surface area contributed by atoms with E-state index < -0.39 is 0 Å². The smallest absolute Gasteiger partial charge is 0.298 e. The molecule has 0 bridgehead atoms. The van der Waals surface area contributed by atoms with Gasteiger partial charge in [-0.3, -0.25) is 4.79 Å². The van der Waals surface area contributed by atoms with Gasteiger partial charge in [-0.25, -0.2) is 4.39 Å². The third-order valence-corrected chi connectivity index (χ3v) is 5.17. The van der Waals surface area contributed by atoms with Crippen LogP contribution in [0.5, 0.6) is 0 Å². The molecule has 1 amide bonds. The van der Waals surface area contributed by atoms with Crippen molar-refractivity contribution in [3.63, 3.8) is 0 Å². The summed E-state index contributed by atoms with van der Waals surface area (Å²) in [7, 11) is 5.97. The predicted octanol–water partition coefficient (Wildman–Crippen LogP) is 4.88. The van der Waals surface area contributed by atoms with E-state index in [1.807, 2.05) is 38.2 Å². The molecule has 0 spiro atoms. The maximum atomic E-state index is 13.3. The van der Waals surface area contributed by atoms with Crippen molar-refractivity contribution in [3.05, 3.63) is 78.1 Å². The maximum absolute atomic E-state index is 13.3. The third-order valence-electron chi connectivity index (χ3n) is 5.17. The molecule has 0 saturated heterocycles. The van der Waals surface area contributed by atoms with E-state index in [4.69, 9.17) is 4.42 Å². The van der Waals surface area contributed by atoms with Crippen molar-refractivity contribution < 1.29 is 13.6 Å². The first kappa shape index (κ1) is 21.5. The monoisotopic (exact) mass is 432 g/mol. The number of fused-ring (bicyclic) bond motifs is 1. The van der Waals surface area contributed by atoms with Gasteiger partial charge in [-0.1, -0.05) is 30.3 Å². The molecule has 0 saturated carbocycles. The van der Waals surface area contributed by atoms with Gasteiger partial charge in [0.15, 0.2) is 5.58 Å². The van der Waals surface area contributed by atoms with Crippen molar-refractivity contribution >= 4 is 28.7 Å². The number of carbonyl (C=O) groups is 1. The Kier molecular flexibility index (Phi) is 6.18. The van der Waals surface area contributed by atoms with Gasteiger partial charge in [-0.15, -0.1) is 0 Å². The zero-order valence-corrected chi connectivity index (χ0v) is 18.3. The quantitative estimate of drug-likeness (QED) is 0.451. The molecule has 0 aliphatic carbocycles. The van der Waals surface area contributed by atoms with E-state index in [1.165, 1.54) is 12.1 Å². The Morgan fingerprint density at radius 2 is 1.75 bits per heavy atom. The first-order valence-corrected chi connectivity index (χ1v) is 10.3. The molecule has 3 aromatic carbocycles. The highest BCUT2D eigenvalue weighted by Gasteiger charge is 2.15. The van der Waals surface area contributed by atoms with Gasteiger partial charge in [-0.2, -0.15) is 4.98 Å². The number of rotatable bonds is 7. The molecule has 1 heterocycles. The maximum Gasteiger partial charge on any atom is 0.298 e. The predicted molar refractivity (Wildman–Crippen MR) is 126 cm³/mol. The van der Waals surface area contributed by atoms with E-state index in [2.05, 4.69) is 15.2 Å². The lowest BCUT2D eigenvalue weighted by atomic mass is 9.99. The van der Waals surface area contributed by atoms with E-state index in [0.717, 1.165) is 24.2 Å². The standard InChI is InChI=1S/C25H25FN4O2/c1-29(2)14-15-30(3)25-28-22-16-19(12-13-23(22)32-25)27-24(31)21-7-5-4-6-20(21)17-8-10-18(26)11-9-17/h4-13,16H,14-15H2,1-3H3,(H,27,31). The van der Waals surface area contributed by atoms with Crippen LogP contribution in [0.4, 0.5) is 16.1 Å². The Bertz CT molecular complexity index is 1230. The average Bonchev–Trinajstić information content (AvgIpc) is 3.21. The third kappa shape index (κ3) is 4.78. The van der Waals surface area contributed by atoms with E-state index in [9.17, 15) is 9.18 Å². The summed E-state index contributed by atoms with van der Waals surface area (Å²) in [5, 5.41) is 2.94. The van der Waals surface area contributed by atoms with E-state index in [-0.39, 0.29) is 11.7 Å². The first-order chi connectivity index (χ1) is 15.4. The topological polar surface area (TPSA) is 61.6 Å².